The molecular formula is C8H14S. The third-order valence-corrected chi connectivity index (χ3v) is 4.28. The topological polar surface area (TPSA) is 0 Å². The third-order valence-electron chi connectivity index (χ3n) is 3.16. The molecule has 0 N–H and O–H groups in total. The van der Waals surface area contributed by atoms with Gasteiger partial charge in [-0.3, -0.25) is 0 Å². The summed E-state index contributed by atoms with van der Waals surface area (Å²) >= 11 is 2.15. The summed E-state index contributed by atoms with van der Waals surface area (Å²) in [7, 11) is 0. The number of hydrogen-bond acceptors (Lipinski definition) is 1. The molecule has 1 aliphatic carbocycles. The Balaban J connectivity index is 2.06. The molecule has 0 bridgehead atoms. The molecule has 9 heavy (non-hydrogen) atoms. The van der Waals surface area contributed by atoms with E-state index in [2.05, 4.69) is 25.6 Å². The van der Waals surface area contributed by atoms with Crippen molar-refractivity contribution < 1.29 is 0 Å². The molecule has 1 heterocycles. The van der Waals surface area contributed by atoms with E-state index in [1.54, 1.807) is 0 Å². The van der Waals surface area contributed by atoms with E-state index in [-0.39, 0.29) is 0 Å². The summed E-state index contributed by atoms with van der Waals surface area (Å²) in [5, 5.41) is 0. The summed E-state index contributed by atoms with van der Waals surface area (Å²) in [4.78, 5) is 0. The Labute approximate surface area is 61.4 Å². The molecule has 0 aromatic heterocycles. The van der Waals surface area contributed by atoms with Gasteiger partial charge in [0.1, 0.15) is 0 Å². The first-order valence-corrected chi connectivity index (χ1v) is 4.96. The fourth-order valence-corrected chi connectivity index (χ4v) is 3.69. The maximum Gasteiger partial charge on any atom is -0.00311 e. The Morgan fingerprint density at radius 2 is 2.11 bits per heavy atom. The summed E-state index contributed by atoms with van der Waals surface area (Å²) in [5.41, 5.74) is 0.726. The van der Waals surface area contributed by atoms with Gasteiger partial charge >= 0.3 is 0 Å². The number of hydrogen-bond donors (Lipinski definition) is 0. The van der Waals surface area contributed by atoms with Gasteiger partial charge in [0.15, 0.2) is 0 Å². The SMILES string of the molecule is CC1(C)C2CCSCC21. The molecule has 2 aliphatic rings. The zero-order valence-corrected chi connectivity index (χ0v) is 7.00. The van der Waals surface area contributed by atoms with E-state index in [0.29, 0.717) is 0 Å². The lowest BCUT2D eigenvalue weighted by atomic mass is 10.1. The van der Waals surface area contributed by atoms with Gasteiger partial charge in [0, 0.05) is 0 Å². The molecule has 2 fully saturated rings. The lowest BCUT2D eigenvalue weighted by Crippen LogP contribution is -1.96. The van der Waals surface area contributed by atoms with Crippen LogP contribution in [0.15, 0.2) is 0 Å². The van der Waals surface area contributed by atoms with Gasteiger partial charge in [0.2, 0.25) is 0 Å². The maximum atomic E-state index is 2.42. The highest BCUT2D eigenvalue weighted by molar-refractivity contribution is 7.99. The Kier molecular flexibility index (Phi) is 1.14. The Morgan fingerprint density at radius 3 is 2.56 bits per heavy atom. The van der Waals surface area contributed by atoms with Crippen LogP contribution in [0.5, 0.6) is 0 Å². The van der Waals surface area contributed by atoms with E-state index in [0.717, 1.165) is 17.3 Å². The van der Waals surface area contributed by atoms with Crippen LogP contribution in [0.3, 0.4) is 0 Å². The van der Waals surface area contributed by atoms with Crippen LogP contribution in [0, 0.1) is 17.3 Å². The van der Waals surface area contributed by atoms with Gasteiger partial charge in [-0.1, -0.05) is 13.8 Å². The predicted octanol–water partition coefficient (Wildman–Crippen LogP) is 2.40. The second-order valence-corrected chi connectivity index (χ2v) is 5.05. The van der Waals surface area contributed by atoms with Crippen LogP contribution in [-0.2, 0) is 0 Å². The van der Waals surface area contributed by atoms with Gasteiger partial charge in [0.05, 0.1) is 0 Å². The lowest BCUT2D eigenvalue weighted by molar-refractivity contribution is 0.544. The van der Waals surface area contributed by atoms with E-state index in [9.17, 15) is 0 Å². The molecule has 1 saturated heterocycles. The van der Waals surface area contributed by atoms with E-state index in [4.69, 9.17) is 0 Å². The zero-order valence-electron chi connectivity index (χ0n) is 6.18. The van der Waals surface area contributed by atoms with Crippen molar-refractivity contribution >= 4 is 11.8 Å². The second-order valence-electron chi connectivity index (χ2n) is 3.90. The molecule has 2 unspecified atom stereocenters. The first kappa shape index (κ1) is 6.09. The molecule has 0 aromatic rings. The molecule has 0 spiro atoms. The molecule has 1 aliphatic heterocycles. The van der Waals surface area contributed by atoms with Crippen LogP contribution in [0.1, 0.15) is 20.3 Å². The fraction of sp³-hybridized carbons (Fsp3) is 1.00. The van der Waals surface area contributed by atoms with Crippen molar-refractivity contribution in [2.45, 2.75) is 20.3 Å². The molecule has 52 valence electrons. The molecule has 2 atom stereocenters. The van der Waals surface area contributed by atoms with Crippen molar-refractivity contribution in [1.29, 1.82) is 0 Å². The van der Waals surface area contributed by atoms with E-state index >= 15 is 0 Å². The molecule has 0 amide bonds. The molecule has 1 heteroatoms. The fourth-order valence-electron chi connectivity index (χ4n) is 2.18. The first-order chi connectivity index (χ1) is 4.23. The molecule has 1 saturated carbocycles. The Morgan fingerprint density at radius 1 is 1.33 bits per heavy atom. The zero-order chi connectivity index (χ0) is 6.48. The van der Waals surface area contributed by atoms with Gasteiger partial charge in [-0.25, -0.2) is 0 Å². The van der Waals surface area contributed by atoms with Crippen LogP contribution in [0.2, 0.25) is 0 Å². The standard InChI is InChI=1S/C8H14S/c1-8(2)6-3-4-9-5-7(6)8/h6-7H,3-5H2,1-2H3. The van der Waals surface area contributed by atoms with Crippen LogP contribution < -0.4 is 0 Å². The summed E-state index contributed by atoms with van der Waals surface area (Å²) in [6.07, 6.45) is 1.49. The largest absolute Gasteiger partial charge is 0.162 e. The quantitative estimate of drug-likeness (QED) is 0.500. The Hall–Kier alpha value is 0.350. The number of fused-ring (bicyclic) bond motifs is 1. The van der Waals surface area contributed by atoms with Crippen molar-refractivity contribution in [1.82, 2.24) is 0 Å². The highest BCUT2D eigenvalue weighted by atomic mass is 32.2. The molecular weight excluding hydrogens is 128 g/mol. The van der Waals surface area contributed by atoms with Crippen molar-refractivity contribution in [3.8, 4) is 0 Å². The summed E-state index contributed by atoms with van der Waals surface area (Å²) in [5.74, 6) is 5.04. The minimum absolute atomic E-state index is 0.726. The van der Waals surface area contributed by atoms with E-state index < -0.39 is 0 Å². The van der Waals surface area contributed by atoms with E-state index in [1.807, 2.05) is 0 Å². The lowest BCUT2D eigenvalue weighted by Gasteiger charge is -2.04. The normalized spacial score (nSPS) is 46.0. The minimum atomic E-state index is 0.726. The molecule has 2 rings (SSSR count). The molecule has 0 nitrogen and oxygen atoms in total. The average Bonchev–Trinajstić information content (AvgIpc) is 2.39. The van der Waals surface area contributed by atoms with Crippen molar-refractivity contribution in [3.63, 3.8) is 0 Å². The average molecular weight is 142 g/mol. The van der Waals surface area contributed by atoms with Crippen molar-refractivity contribution in [2.24, 2.45) is 17.3 Å². The van der Waals surface area contributed by atoms with Gasteiger partial charge in [-0.2, -0.15) is 11.8 Å². The van der Waals surface area contributed by atoms with Gasteiger partial charge in [0.25, 0.3) is 0 Å². The third kappa shape index (κ3) is 0.739. The summed E-state index contributed by atoms with van der Waals surface area (Å²) in [6.45, 7) is 4.85. The van der Waals surface area contributed by atoms with Gasteiger partial charge < -0.3 is 0 Å². The maximum absolute atomic E-state index is 2.42. The smallest absolute Gasteiger partial charge is 0.00311 e. The second kappa shape index (κ2) is 1.69. The summed E-state index contributed by atoms with van der Waals surface area (Å²) < 4.78 is 0. The first-order valence-electron chi connectivity index (χ1n) is 3.80. The van der Waals surface area contributed by atoms with Gasteiger partial charge in [-0.15, -0.1) is 0 Å². The monoisotopic (exact) mass is 142 g/mol. The van der Waals surface area contributed by atoms with Crippen LogP contribution in [0.25, 0.3) is 0 Å². The van der Waals surface area contributed by atoms with Crippen LogP contribution in [-0.4, -0.2) is 11.5 Å². The molecule has 0 aromatic carbocycles. The van der Waals surface area contributed by atoms with E-state index in [1.165, 1.54) is 17.9 Å². The Bertz CT molecular complexity index is 115. The van der Waals surface area contributed by atoms with Crippen molar-refractivity contribution in [2.75, 3.05) is 11.5 Å². The number of rotatable bonds is 0. The number of thioether (sulfide) groups is 1. The minimum Gasteiger partial charge on any atom is -0.162 e. The van der Waals surface area contributed by atoms with Crippen molar-refractivity contribution in [3.05, 3.63) is 0 Å². The van der Waals surface area contributed by atoms with Crippen LogP contribution in [0.4, 0.5) is 0 Å². The highest BCUT2D eigenvalue weighted by Crippen LogP contribution is 2.63. The van der Waals surface area contributed by atoms with Crippen LogP contribution >= 0.6 is 11.8 Å². The predicted molar refractivity (Wildman–Crippen MR) is 42.7 cm³/mol. The molecule has 0 radical (unpaired) electrons. The van der Waals surface area contributed by atoms with Gasteiger partial charge in [-0.05, 0) is 35.2 Å². The highest BCUT2D eigenvalue weighted by Gasteiger charge is 2.57. The summed E-state index contributed by atoms with van der Waals surface area (Å²) in [6, 6.07) is 0.